The van der Waals surface area contributed by atoms with E-state index in [1.54, 1.807) is 12.1 Å². The lowest BCUT2D eigenvalue weighted by Gasteiger charge is -2.45. The maximum Gasteiger partial charge on any atom is 0.272 e. The Morgan fingerprint density at radius 3 is 2.04 bits per heavy atom. The van der Waals surface area contributed by atoms with Gasteiger partial charge in [-0.25, -0.2) is 4.39 Å². The van der Waals surface area contributed by atoms with Gasteiger partial charge in [0, 0.05) is 51.7 Å². The van der Waals surface area contributed by atoms with Crippen molar-refractivity contribution >= 4 is 68.3 Å². The van der Waals surface area contributed by atoms with Crippen LogP contribution in [-0.4, -0.2) is 11.3 Å². The van der Waals surface area contributed by atoms with Crippen LogP contribution in [0.25, 0.3) is 22.0 Å². The maximum atomic E-state index is 16.2. The molecule has 0 saturated carbocycles. The lowest BCUT2D eigenvalue weighted by atomic mass is 9.34. The third-order valence-electron chi connectivity index (χ3n) is 11.2. The van der Waals surface area contributed by atoms with Gasteiger partial charge >= 0.3 is 0 Å². The van der Waals surface area contributed by atoms with Gasteiger partial charge in [-0.15, -0.1) is 0 Å². The molecule has 2 aliphatic heterocycles. The summed E-state index contributed by atoms with van der Waals surface area (Å²) in [4.78, 5) is 4.69. The van der Waals surface area contributed by atoms with E-state index >= 15 is 4.39 Å². The summed E-state index contributed by atoms with van der Waals surface area (Å²) in [6.07, 6.45) is 0. The molecule has 48 heavy (non-hydrogen) atoms. The molecular formula is C43H33BFN3. The van der Waals surface area contributed by atoms with Crippen molar-refractivity contribution in [3.63, 3.8) is 0 Å². The Bertz CT molecular complexity index is 2510. The van der Waals surface area contributed by atoms with Gasteiger partial charge in [-0.1, -0.05) is 105 Å². The molecule has 0 fully saturated rings. The normalized spacial score (nSPS) is 14.8. The Morgan fingerprint density at radius 1 is 0.604 bits per heavy atom. The number of hydrogen-bond acceptors (Lipinski definition) is 2. The van der Waals surface area contributed by atoms with E-state index in [1.165, 1.54) is 60.9 Å². The predicted octanol–water partition coefficient (Wildman–Crippen LogP) is 9.01. The van der Waals surface area contributed by atoms with Gasteiger partial charge in [-0.3, -0.25) is 0 Å². The number of rotatable bonds is 2. The molecule has 1 aliphatic carbocycles. The summed E-state index contributed by atoms with van der Waals surface area (Å²) in [6.45, 7) is 6.77. The first kappa shape index (κ1) is 27.6. The van der Waals surface area contributed by atoms with E-state index < -0.39 is 0 Å². The van der Waals surface area contributed by atoms with Crippen LogP contribution >= 0.6 is 0 Å². The number of aryl methyl sites for hydroxylation is 2. The van der Waals surface area contributed by atoms with Crippen LogP contribution in [0.15, 0.2) is 127 Å². The smallest absolute Gasteiger partial charge is 0.272 e. The summed E-state index contributed by atoms with van der Waals surface area (Å²) in [5, 5.41) is 1.22. The molecule has 0 spiro atoms. The molecular weight excluding hydrogens is 588 g/mol. The fourth-order valence-corrected chi connectivity index (χ4v) is 9.15. The van der Waals surface area contributed by atoms with Crippen LogP contribution in [0.5, 0.6) is 0 Å². The molecule has 10 rings (SSSR count). The van der Waals surface area contributed by atoms with E-state index in [4.69, 9.17) is 0 Å². The molecule has 0 bridgehead atoms. The molecule has 7 aromatic rings. The average Bonchev–Trinajstić information content (AvgIpc) is 3.53. The Hall–Kier alpha value is -5.55. The molecule has 5 heteroatoms. The number of fused-ring (bicyclic) bond motifs is 10. The lowest BCUT2D eigenvalue weighted by molar-refractivity contribution is 0.627. The Kier molecular flexibility index (Phi) is 5.46. The topological polar surface area (TPSA) is 11.4 Å². The minimum atomic E-state index is -0.292. The summed E-state index contributed by atoms with van der Waals surface area (Å²) in [7, 11) is 2.21. The van der Waals surface area contributed by atoms with Gasteiger partial charge in [-0.2, -0.15) is 0 Å². The second kappa shape index (κ2) is 9.51. The van der Waals surface area contributed by atoms with Crippen LogP contribution in [-0.2, 0) is 12.5 Å². The monoisotopic (exact) mass is 621 g/mol. The Balaban J connectivity index is 1.39. The summed E-state index contributed by atoms with van der Waals surface area (Å²) in [6, 6.07) is 44.6. The van der Waals surface area contributed by atoms with Crippen molar-refractivity contribution in [3.05, 3.63) is 150 Å². The largest absolute Gasteiger partial charge is 0.353 e. The highest BCUT2D eigenvalue weighted by Gasteiger charge is 2.49. The zero-order valence-corrected chi connectivity index (χ0v) is 27.4. The van der Waals surface area contributed by atoms with Crippen molar-refractivity contribution in [1.82, 2.24) is 4.57 Å². The minimum Gasteiger partial charge on any atom is -0.353 e. The first-order chi connectivity index (χ1) is 23.4. The zero-order chi connectivity index (χ0) is 32.5. The fourth-order valence-electron chi connectivity index (χ4n) is 9.15. The zero-order valence-electron chi connectivity index (χ0n) is 27.4. The van der Waals surface area contributed by atoms with Crippen LogP contribution in [0.3, 0.4) is 0 Å². The molecule has 0 N–H and O–H groups in total. The lowest BCUT2D eigenvalue weighted by Crippen LogP contribution is -2.63. The minimum absolute atomic E-state index is 0.0632. The van der Waals surface area contributed by atoms with Crippen LogP contribution < -0.4 is 26.3 Å². The standard InChI is InChI=1S/C43H33BFN3/c1-26-14-5-10-19-33(26)47-36-22-13-23-37-39(36)44(42-40(47)29-16-7-11-20-34(29)46(42)4)31-25-24-28-27-15-6-8-17-30(27)43(2,3)38(28)41(31)48(37)35-21-12-9-18-32(35)45/h5-25H,1-4H3. The van der Waals surface area contributed by atoms with E-state index in [1.807, 2.05) is 12.1 Å². The highest BCUT2D eigenvalue weighted by molar-refractivity contribution is 7.00. The summed E-state index contributed by atoms with van der Waals surface area (Å²) in [5.41, 5.74) is 17.0. The molecule has 1 aromatic heterocycles. The molecule has 3 aliphatic rings. The molecule has 0 amide bonds. The predicted molar refractivity (Wildman–Crippen MR) is 199 cm³/mol. The van der Waals surface area contributed by atoms with Gasteiger partial charge < -0.3 is 14.4 Å². The number of anilines is 6. The number of aromatic nitrogens is 1. The number of hydrogen-bond donors (Lipinski definition) is 0. The maximum absolute atomic E-state index is 16.2. The third kappa shape index (κ3) is 3.33. The first-order valence-corrected chi connectivity index (χ1v) is 16.8. The van der Waals surface area contributed by atoms with E-state index in [2.05, 4.69) is 145 Å². The summed E-state index contributed by atoms with van der Waals surface area (Å²) in [5.74, 6) is -0.234. The van der Waals surface area contributed by atoms with Gasteiger partial charge in [0.2, 0.25) is 0 Å². The van der Waals surface area contributed by atoms with Crippen LogP contribution in [0.1, 0.15) is 30.5 Å². The molecule has 3 heterocycles. The SMILES string of the molecule is Cc1ccccc1N1c2cccc3c2B(c2ccc4c(c2N3c2ccccc2F)C(C)(C)c2ccccc2-4)c2c1c1ccccc1n2C. The Morgan fingerprint density at radius 2 is 1.25 bits per heavy atom. The number of nitrogens with zero attached hydrogens (tertiary/aromatic N) is 3. The molecule has 6 aromatic carbocycles. The van der Waals surface area contributed by atoms with Gasteiger partial charge in [0.25, 0.3) is 6.71 Å². The average molecular weight is 622 g/mol. The highest BCUT2D eigenvalue weighted by Crippen LogP contribution is 2.55. The first-order valence-electron chi connectivity index (χ1n) is 16.8. The van der Waals surface area contributed by atoms with Gasteiger partial charge in [0.15, 0.2) is 0 Å². The molecule has 0 unspecified atom stereocenters. The quantitative estimate of drug-likeness (QED) is 0.179. The molecule has 0 atom stereocenters. The molecule has 3 nitrogen and oxygen atoms in total. The van der Waals surface area contributed by atoms with Crippen LogP contribution in [0, 0.1) is 12.7 Å². The summed E-state index contributed by atoms with van der Waals surface area (Å²) < 4.78 is 18.6. The van der Waals surface area contributed by atoms with Gasteiger partial charge in [-0.05, 0) is 82.1 Å². The second-order valence-electron chi connectivity index (χ2n) is 14.0. The van der Waals surface area contributed by atoms with Crippen molar-refractivity contribution in [2.75, 3.05) is 9.80 Å². The van der Waals surface area contributed by atoms with Crippen molar-refractivity contribution in [1.29, 1.82) is 0 Å². The van der Waals surface area contributed by atoms with E-state index in [9.17, 15) is 0 Å². The van der Waals surface area contributed by atoms with Gasteiger partial charge in [0.1, 0.15) is 5.82 Å². The van der Waals surface area contributed by atoms with E-state index in [-0.39, 0.29) is 17.9 Å². The Labute approximate surface area is 280 Å². The number of benzene rings is 6. The van der Waals surface area contributed by atoms with Crippen molar-refractivity contribution < 1.29 is 4.39 Å². The molecule has 0 saturated heterocycles. The number of halogens is 1. The number of para-hydroxylation sites is 3. The third-order valence-corrected chi connectivity index (χ3v) is 11.2. The summed E-state index contributed by atoms with van der Waals surface area (Å²) >= 11 is 0. The fraction of sp³-hybridized carbons (Fsp3) is 0.116. The van der Waals surface area contributed by atoms with Crippen molar-refractivity contribution in [3.8, 4) is 11.1 Å². The van der Waals surface area contributed by atoms with Crippen LogP contribution in [0.4, 0.5) is 38.5 Å². The van der Waals surface area contributed by atoms with Crippen molar-refractivity contribution in [2.45, 2.75) is 26.2 Å². The van der Waals surface area contributed by atoms with Crippen LogP contribution in [0.2, 0.25) is 0 Å². The van der Waals surface area contributed by atoms with Crippen molar-refractivity contribution in [2.24, 2.45) is 7.05 Å². The molecule has 0 radical (unpaired) electrons. The highest BCUT2D eigenvalue weighted by atomic mass is 19.1. The molecule has 230 valence electrons. The second-order valence-corrected chi connectivity index (χ2v) is 14.0. The van der Waals surface area contributed by atoms with Gasteiger partial charge in [0.05, 0.1) is 11.4 Å². The van der Waals surface area contributed by atoms with E-state index in [0.29, 0.717) is 5.69 Å². The van der Waals surface area contributed by atoms with E-state index in [0.717, 1.165) is 22.7 Å².